The van der Waals surface area contributed by atoms with Gasteiger partial charge in [-0.15, -0.1) is 0 Å². The van der Waals surface area contributed by atoms with Gasteiger partial charge >= 0.3 is 5.97 Å². The summed E-state index contributed by atoms with van der Waals surface area (Å²) in [5.74, 6) is -1.47. The lowest BCUT2D eigenvalue weighted by Gasteiger charge is -2.29. The molecule has 5 rings (SSSR count). The Balaban J connectivity index is 1.58. The van der Waals surface area contributed by atoms with Crippen LogP contribution < -0.4 is 0 Å². The fourth-order valence-electron chi connectivity index (χ4n) is 4.69. The van der Waals surface area contributed by atoms with Crippen LogP contribution in [0, 0.1) is 0 Å². The van der Waals surface area contributed by atoms with E-state index in [1.807, 2.05) is 12.1 Å². The van der Waals surface area contributed by atoms with E-state index in [0.29, 0.717) is 38.5 Å². The van der Waals surface area contributed by atoms with Gasteiger partial charge in [0, 0.05) is 60.7 Å². The Morgan fingerprint density at radius 3 is 2.65 bits per heavy atom. The number of hydrogen-bond acceptors (Lipinski definition) is 5. The van der Waals surface area contributed by atoms with Crippen LogP contribution in [0.4, 0.5) is 0 Å². The third-order valence-corrected chi connectivity index (χ3v) is 6.72. The Morgan fingerprint density at radius 2 is 1.95 bits per heavy atom. The number of fused-ring (bicyclic) bond motifs is 1. The molecule has 1 amide bonds. The van der Waals surface area contributed by atoms with E-state index < -0.39 is 12.0 Å². The van der Waals surface area contributed by atoms with Gasteiger partial charge in [0.05, 0.1) is 17.8 Å². The van der Waals surface area contributed by atoms with Crippen molar-refractivity contribution < 1.29 is 19.5 Å². The first kappa shape index (κ1) is 24.4. The van der Waals surface area contributed by atoms with Crippen molar-refractivity contribution in [2.24, 2.45) is 7.05 Å². The number of carbonyl (C=O) groups is 3. The Kier molecular flexibility index (Phi) is 6.58. The number of carbonyl (C=O) groups excluding carboxylic acids is 2. The number of benzene rings is 2. The number of carboxylic acids is 1. The van der Waals surface area contributed by atoms with Crippen LogP contribution >= 0.6 is 11.6 Å². The SMILES string of the molecule is Cn1cc(-c2cc(CN3C(=O)c4ccc(Cl)cc4CC(=O)[C@H]3Cc3ccccn3)ccc2C(=O)O)cn1. The van der Waals surface area contributed by atoms with Gasteiger partial charge in [-0.3, -0.25) is 19.3 Å². The van der Waals surface area contributed by atoms with Crippen molar-refractivity contribution in [2.75, 3.05) is 0 Å². The average molecular weight is 515 g/mol. The molecule has 3 heterocycles. The smallest absolute Gasteiger partial charge is 0.336 e. The van der Waals surface area contributed by atoms with E-state index in [2.05, 4.69) is 10.1 Å². The maximum absolute atomic E-state index is 13.8. The second-order valence-electron chi connectivity index (χ2n) is 9.01. The monoisotopic (exact) mass is 514 g/mol. The van der Waals surface area contributed by atoms with Crippen LogP contribution in [-0.2, 0) is 31.2 Å². The van der Waals surface area contributed by atoms with E-state index in [-0.39, 0.29) is 36.6 Å². The second-order valence-corrected chi connectivity index (χ2v) is 9.44. The van der Waals surface area contributed by atoms with Gasteiger partial charge in [-0.2, -0.15) is 5.10 Å². The molecule has 37 heavy (non-hydrogen) atoms. The van der Waals surface area contributed by atoms with Crippen molar-refractivity contribution in [2.45, 2.75) is 25.4 Å². The molecule has 0 spiro atoms. The molecule has 0 saturated heterocycles. The highest BCUT2D eigenvalue weighted by Gasteiger charge is 2.36. The zero-order valence-corrected chi connectivity index (χ0v) is 20.7. The molecule has 0 fully saturated rings. The normalized spacial score (nSPS) is 15.4. The predicted octanol–water partition coefficient (Wildman–Crippen LogP) is 4.21. The third-order valence-electron chi connectivity index (χ3n) is 6.48. The van der Waals surface area contributed by atoms with Gasteiger partial charge in [-0.25, -0.2) is 4.79 Å². The maximum atomic E-state index is 13.8. The Hall–Kier alpha value is -4.30. The summed E-state index contributed by atoms with van der Waals surface area (Å²) in [6.45, 7) is 0.108. The van der Waals surface area contributed by atoms with Crippen LogP contribution in [0.3, 0.4) is 0 Å². The lowest BCUT2D eigenvalue weighted by Crippen LogP contribution is -2.45. The van der Waals surface area contributed by atoms with Crippen LogP contribution in [0.2, 0.25) is 5.02 Å². The summed E-state index contributed by atoms with van der Waals surface area (Å²) < 4.78 is 1.59. The quantitative estimate of drug-likeness (QED) is 0.413. The number of hydrogen-bond donors (Lipinski definition) is 1. The molecule has 1 aliphatic heterocycles. The highest BCUT2D eigenvalue weighted by Crippen LogP contribution is 2.29. The number of pyridine rings is 1. The van der Waals surface area contributed by atoms with Gasteiger partial charge < -0.3 is 10.0 Å². The third kappa shape index (κ3) is 5.01. The van der Waals surface area contributed by atoms with Gasteiger partial charge in [0.15, 0.2) is 5.78 Å². The molecule has 0 radical (unpaired) electrons. The zero-order valence-electron chi connectivity index (χ0n) is 20.0. The lowest BCUT2D eigenvalue weighted by molar-refractivity contribution is -0.122. The van der Waals surface area contributed by atoms with Crippen molar-refractivity contribution in [1.82, 2.24) is 19.7 Å². The zero-order chi connectivity index (χ0) is 26.1. The highest BCUT2D eigenvalue weighted by atomic mass is 35.5. The molecule has 1 atom stereocenters. The summed E-state index contributed by atoms with van der Waals surface area (Å²) >= 11 is 6.17. The number of aryl methyl sites for hydroxylation is 1. The summed E-state index contributed by atoms with van der Waals surface area (Å²) in [6.07, 6.45) is 5.32. The summed E-state index contributed by atoms with van der Waals surface area (Å²) in [5.41, 5.74) is 3.66. The molecule has 0 aliphatic carbocycles. The van der Waals surface area contributed by atoms with Gasteiger partial charge in [-0.05, 0) is 59.2 Å². The Labute approximate surface area is 218 Å². The summed E-state index contributed by atoms with van der Waals surface area (Å²) in [5, 5.41) is 14.4. The Morgan fingerprint density at radius 1 is 1.11 bits per heavy atom. The van der Waals surface area contributed by atoms with Gasteiger partial charge in [-0.1, -0.05) is 23.7 Å². The van der Waals surface area contributed by atoms with Gasteiger partial charge in [0.25, 0.3) is 5.91 Å². The van der Waals surface area contributed by atoms with E-state index in [4.69, 9.17) is 11.6 Å². The molecule has 0 bridgehead atoms. The van der Waals surface area contributed by atoms with Crippen molar-refractivity contribution in [3.05, 3.63) is 106 Å². The first-order chi connectivity index (χ1) is 17.8. The number of halogens is 1. The molecule has 0 saturated carbocycles. The minimum absolute atomic E-state index is 0.0779. The number of rotatable bonds is 6. The predicted molar refractivity (Wildman–Crippen MR) is 137 cm³/mol. The van der Waals surface area contributed by atoms with Crippen LogP contribution in [0.1, 0.15) is 37.5 Å². The molecule has 4 aromatic rings. The van der Waals surface area contributed by atoms with Gasteiger partial charge in [0.2, 0.25) is 0 Å². The van der Waals surface area contributed by atoms with Crippen molar-refractivity contribution >= 4 is 29.3 Å². The number of nitrogens with zero attached hydrogens (tertiary/aromatic N) is 4. The topological polar surface area (TPSA) is 105 Å². The fraction of sp³-hybridized carbons (Fsp3) is 0.179. The molecule has 9 heteroatoms. The summed E-state index contributed by atoms with van der Waals surface area (Å²) in [7, 11) is 1.75. The number of aromatic carboxylic acids is 1. The number of amides is 1. The minimum atomic E-state index is -1.06. The van der Waals surface area contributed by atoms with Crippen LogP contribution in [-0.4, -0.2) is 48.5 Å². The number of aromatic nitrogens is 3. The molecule has 1 aliphatic rings. The van der Waals surface area contributed by atoms with E-state index in [1.165, 1.54) is 6.07 Å². The molecule has 1 N–H and O–H groups in total. The number of Topliss-reactive ketones (excluding diaryl/α,β-unsaturated/α-hetero) is 1. The molecule has 2 aromatic carbocycles. The minimum Gasteiger partial charge on any atom is -0.478 e. The number of carboxylic acid groups (broad SMARTS) is 1. The maximum Gasteiger partial charge on any atom is 0.336 e. The number of ketones is 1. The van der Waals surface area contributed by atoms with E-state index in [0.717, 1.165) is 0 Å². The Bertz CT molecular complexity index is 1520. The molecular formula is C28H23ClN4O4. The molecule has 0 unspecified atom stereocenters. The van der Waals surface area contributed by atoms with Crippen molar-refractivity contribution in [3.8, 4) is 11.1 Å². The van der Waals surface area contributed by atoms with Gasteiger partial charge in [0.1, 0.15) is 0 Å². The standard InChI is InChI=1S/C28H23ClN4O4/c1-32-16-19(14-31-32)24-10-17(5-7-23(24)28(36)37)15-33-25(13-21-4-2-3-9-30-21)26(34)12-18-11-20(29)6-8-22(18)27(33)35/h2-11,14,16,25H,12-13,15H2,1H3,(H,36,37)/t25-/m1/s1. The van der Waals surface area contributed by atoms with E-state index in [9.17, 15) is 19.5 Å². The first-order valence-electron chi connectivity index (χ1n) is 11.7. The summed E-state index contributed by atoms with van der Waals surface area (Å²) in [6, 6.07) is 14.6. The van der Waals surface area contributed by atoms with Crippen LogP contribution in [0.25, 0.3) is 11.1 Å². The molecule has 2 aromatic heterocycles. The van der Waals surface area contributed by atoms with Crippen LogP contribution in [0.15, 0.2) is 73.2 Å². The van der Waals surface area contributed by atoms with Crippen molar-refractivity contribution in [3.63, 3.8) is 0 Å². The van der Waals surface area contributed by atoms with E-state index in [1.54, 1.807) is 71.6 Å². The van der Waals surface area contributed by atoms with E-state index >= 15 is 0 Å². The lowest BCUT2D eigenvalue weighted by atomic mass is 9.97. The van der Waals surface area contributed by atoms with Crippen molar-refractivity contribution in [1.29, 1.82) is 0 Å². The second kappa shape index (κ2) is 9.99. The fourth-order valence-corrected chi connectivity index (χ4v) is 4.88. The first-order valence-corrected chi connectivity index (χ1v) is 12.0. The largest absolute Gasteiger partial charge is 0.478 e. The summed E-state index contributed by atoms with van der Waals surface area (Å²) in [4.78, 5) is 45.2. The molecular weight excluding hydrogens is 492 g/mol. The van der Waals surface area contributed by atoms with Crippen LogP contribution in [0.5, 0.6) is 0 Å². The highest BCUT2D eigenvalue weighted by molar-refractivity contribution is 6.30. The molecule has 186 valence electrons. The molecule has 8 nitrogen and oxygen atoms in total. The average Bonchev–Trinajstić information content (AvgIpc) is 3.29.